The van der Waals surface area contributed by atoms with Crippen LogP contribution in [0.15, 0.2) is 36.4 Å². The molecular weight excluding hydrogens is 408 g/mol. The van der Waals surface area contributed by atoms with Gasteiger partial charge in [-0.2, -0.15) is 0 Å². The standard InChI is InChI=1S/C29H42N2O2/c1-20-11-10-16-31(19-20)27(33)30-25-13-9-8-12-22(25)15-14-21-17-23(28(2,3)4)26(32)24(18-21)29(5,6)7/h8-9,12-13,17-18,20,32H,10-11,14-16,19H2,1-7H3,(H,30,33). The SMILES string of the molecule is CC1CCCN(C(=O)Nc2ccccc2CCc2cc(C(C)(C)C)c(O)c(C(C)(C)C)c2)C1. The van der Waals surface area contributed by atoms with Crippen molar-refractivity contribution in [1.82, 2.24) is 4.90 Å². The molecule has 1 heterocycles. The van der Waals surface area contributed by atoms with E-state index < -0.39 is 0 Å². The summed E-state index contributed by atoms with van der Waals surface area (Å²) in [7, 11) is 0. The number of carbonyl (C=O) groups is 1. The summed E-state index contributed by atoms with van der Waals surface area (Å²) in [6, 6.07) is 12.4. The normalized spacial score (nSPS) is 17.2. The number of hydrogen-bond donors (Lipinski definition) is 2. The average molecular weight is 451 g/mol. The molecule has 0 aromatic heterocycles. The minimum Gasteiger partial charge on any atom is -0.507 e. The molecule has 180 valence electrons. The van der Waals surface area contributed by atoms with Crippen molar-refractivity contribution in [2.45, 2.75) is 85.0 Å². The first kappa shape index (κ1) is 25.1. The zero-order valence-corrected chi connectivity index (χ0v) is 21.6. The van der Waals surface area contributed by atoms with Crippen LogP contribution in [0.3, 0.4) is 0 Å². The molecule has 0 radical (unpaired) electrons. The van der Waals surface area contributed by atoms with Gasteiger partial charge < -0.3 is 15.3 Å². The maximum Gasteiger partial charge on any atom is 0.321 e. The van der Waals surface area contributed by atoms with E-state index in [1.807, 2.05) is 23.1 Å². The Kier molecular flexibility index (Phi) is 7.45. The van der Waals surface area contributed by atoms with E-state index in [1.54, 1.807) is 0 Å². The summed E-state index contributed by atoms with van der Waals surface area (Å²) < 4.78 is 0. The topological polar surface area (TPSA) is 52.6 Å². The van der Waals surface area contributed by atoms with E-state index in [1.165, 1.54) is 12.0 Å². The second kappa shape index (κ2) is 9.79. The number of phenolic OH excluding ortho intramolecular Hbond substituents is 1. The smallest absolute Gasteiger partial charge is 0.321 e. The van der Waals surface area contributed by atoms with Gasteiger partial charge in [-0.3, -0.25) is 0 Å². The second-order valence-electron chi connectivity index (χ2n) is 11.8. The summed E-state index contributed by atoms with van der Waals surface area (Å²) in [6.45, 7) is 16.7. The number of piperidine rings is 1. The fourth-order valence-corrected chi connectivity index (χ4v) is 4.69. The Labute approximate surface area is 200 Å². The van der Waals surface area contributed by atoms with Gasteiger partial charge in [0.15, 0.2) is 0 Å². The number of rotatable bonds is 4. The summed E-state index contributed by atoms with van der Waals surface area (Å²) in [5, 5.41) is 14.2. The third-order valence-electron chi connectivity index (χ3n) is 6.67. The Hall–Kier alpha value is -2.49. The molecule has 1 aliphatic rings. The number of anilines is 1. The van der Waals surface area contributed by atoms with E-state index in [-0.39, 0.29) is 16.9 Å². The van der Waals surface area contributed by atoms with Crippen molar-refractivity contribution in [3.8, 4) is 5.75 Å². The third kappa shape index (κ3) is 6.31. The quantitative estimate of drug-likeness (QED) is 0.525. The fraction of sp³-hybridized carbons (Fsp3) is 0.552. The number of nitrogens with zero attached hydrogens (tertiary/aromatic N) is 1. The van der Waals surface area contributed by atoms with E-state index in [2.05, 4.69) is 72.0 Å². The highest BCUT2D eigenvalue weighted by atomic mass is 16.3. The molecule has 2 aromatic carbocycles. The first-order valence-electron chi connectivity index (χ1n) is 12.4. The lowest BCUT2D eigenvalue weighted by Crippen LogP contribution is -2.41. The molecule has 1 saturated heterocycles. The highest BCUT2D eigenvalue weighted by molar-refractivity contribution is 5.90. The molecule has 2 aromatic rings. The Bertz CT molecular complexity index is 947. The number of aryl methyl sites for hydroxylation is 2. The van der Waals surface area contributed by atoms with Crippen molar-refractivity contribution in [2.24, 2.45) is 5.92 Å². The van der Waals surface area contributed by atoms with E-state index >= 15 is 0 Å². The highest BCUT2D eigenvalue weighted by Gasteiger charge is 2.26. The van der Waals surface area contributed by atoms with E-state index in [0.717, 1.165) is 54.7 Å². The van der Waals surface area contributed by atoms with Crippen molar-refractivity contribution in [1.29, 1.82) is 0 Å². The second-order valence-corrected chi connectivity index (χ2v) is 11.8. The molecular formula is C29H42N2O2. The van der Waals surface area contributed by atoms with Gasteiger partial charge in [0, 0.05) is 18.8 Å². The number of aromatic hydroxyl groups is 1. The monoisotopic (exact) mass is 450 g/mol. The maximum atomic E-state index is 12.9. The van der Waals surface area contributed by atoms with Crippen LogP contribution in [0, 0.1) is 5.92 Å². The number of para-hydroxylation sites is 1. The first-order chi connectivity index (χ1) is 15.4. The molecule has 33 heavy (non-hydrogen) atoms. The fourth-order valence-electron chi connectivity index (χ4n) is 4.69. The zero-order chi connectivity index (χ0) is 24.4. The molecule has 0 spiro atoms. The summed E-state index contributed by atoms with van der Waals surface area (Å²) >= 11 is 0. The van der Waals surface area contributed by atoms with Crippen LogP contribution < -0.4 is 5.32 Å². The first-order valence-corrected chi connectivity index (χ1v) is 12.4. The molecule has 2 N–H and O–H groups in total. The average Bonchev–Trinajstić information content (AvgIpc) is 2.72. The molecule has 1 atom stereocenters. The van der Waals surface area contributed by atoms with Gasteiger partial charge in [-0.25, -0.2) is 4.79 Å². The number of urea groups is 1. The van der Waals surface area contributed by atoms with Crippen molar-refractivity contribution >= 4 is 11.7 Å². The summed E-state index contributed by atoms with van der Waals surface area (Å²) in [6.07, 6.45) is 3.94. The van der Waals surface area contributed by atoms with E-state index in [0.29, 0.717) is 11.7 Å². The maximum absolute atomic E-state index is 12.9. The summed E-state index contributed by atoms with van der Waals surface area (Å²) in [5.74, 6) is 0.977. The van der Waals surface area contributed by atoms with E-state index in [9.17, 15) is 9.90 Å². The van der Waals surface area contributed by atoms with Gasteiger partial charge in [0.1, 0.15) is 5.75 Å². The molecule has 4 nitrogen and oxygen atoms in total. The van der Waals surface area contributed by atoms with Crippen LogP contribution in [-0.2, 0) is 23.7 Å². The van der Waals surface area contributed by atoms with Gasteiger partial charge in [-0.15, -0.1) is 0 Å². The Balaban J connectivity index is 1.81. The van der Waals surface area contributed by atoms with Gasteiger partial charge in [0.2, 0.25) is 0 Å². The predicted molar refractivity (Wildman–Crippen MR) is 138 cm³/mol. The molecule has 3 rings (SSSR count). The Morgan fingerprint density at radius 3 is 2.21 bits per heavy atom. The van der Waals surface area contributed by atoms with Crippen molar-refractivity contribution in [3.05, 3.63) is 58.7 Å². The molecule has 0 saturated carbocycles. The van der Waals surface area contributed by atoms with Crippen LogP contribution in [0.4, 0.5) is 10.5 Å². The van der Waals surface area contributed by atoms with Crippen LogP contribution in [0.5, 0.6) is 5.75 Å². The number of phenols is 1. The lowest BCUT2D eigenvalue weighted by atomic mass is 9.78. The number of benzene rings is 2. The number of hydrogen-bond acceptors (Lipinski definition) is 2. The number of amides is 2. The van der Waals surface area contributed by atoms with Crippen molar-refractivity contribution in [2.75, 3.05) is 18.4 Å². The predicted octanol–water partition coefficient (Wildman–Crippen LogP) is 7.04. The van der Waals surface area contributed by atoms with Crippen LogP contribution in [0.25, 0.3) is 0 Å². The molecule has 1 aliphatic heterocycles. The van der Waals surface area contributed by atoms with Gasteiger partial charge in [-0.1, -0.05) is 78.8 Å². The number of likely N-dealkylation sites (tertiary alicyclic amines) is 1. The molecule has 4 heteroatoms. The summed E-state index contributed by atoms with van der Waals surface area (Å²) in [4.78, 5) is 14.8. The van der Waals surface area contributed by atoms with Crippen LogP contribution in [-0.4, -0.2) is 29.1 Å². The molecule has 0 bridgehead atoms. The van der Waals surface area contributed by atoms with Gasteiger partial charge in [0.05, 0.1) is 0 Å². The van der Waals surface area contributed by atoms with Gasteiger partial charge in [-0.05, 0) is 70.8 Å². The third-order valence-corrected chi connectivity index (χ3v) is 6.67. The zero-order valence-electron chi connectivity index (χ0n) is 21.6. The van der Waals surface area contributed by atoms with Crippen molar-refractivity contribution in [3.63, 3.8) is 0 Å². The lowest BCUT2D eigenvalue weighted by Gasteiger charge is -2.31. The molecule has 1 fully saturated rings. The molecule has 0 aliphatic carbocycles. The lowest BCUT2D eigenvalue weighted by molar-refractivity contribution is 0.182. The van der Waals surface area contributed by atoms with Crippen LogP contribution >= 0.6 is 0 Å². The Morgan fingerprint density at radius 1 is 1.03 bits per heavy atom. The van der Waals surface area contributed by atoms with Gasteiger partial charge >= 0.3 is 6.03 Å². The van der Waals surface area contributed by atoms with Crippen molar-refractivity contribution < 1.29 is 9.90 Å². The minimum absolute atomic E-state index is 0.00340. The Morgan fingerprint density at radius 2 is 1.64 bits per heavy atom. The van der Waals surface area contributed by atoms with Crippen LogP contribution in [0.2, 0.25) is 0 Å². The molecule has 1 unspecified atom stereocenters. The largest absolute Gasteiger partial charge is 0.507 e. The van der Waals surface area contributed by atoms with Gasteiger partial charge in [0.25, 0.3) is 0 Å². The number of carbonyl (C=O) groups excluding carboxylic acids is 1. The highest BCUT2D eigenvalue weighted by Crippen LogP contribution is 2.40. The van der Waals surface area contributed by atoms with Crippen LogP contribution in [0.1, 0.15) is 83.6 Å². The summed E-state index contributed by atoms with van der Waals surface area (Å²) in [5.41, 5.74) is 4.95. The van der Waals surface area contributed by atoms with E-state index in [4.69, 9.17) is 0 Å². The number of nitrogens with one attached hydrogen (secondary N) is 1. The minimum atomic E-state index is -0.141. The molecule has 2 amide bonds.